The SMILES string of the molecule is CCCC(Nc1nc(C(=O)OCC)cs1)c1cccs1. The van der Waals surface area contributed by atoms with Crippen LogP contribution in [0.25, 0.3) is 0 Å². The smallest absolute Gasteiger partial charge is 0.357 e. The van der Waals surface area contributed by atoms with Crippen molar-refractivity contribution in [2.45, 2.75) is 32.7 Å². The average molecular weight is 310 g/mol. The van der Waals surface area contributed by atoms with Crippen LogP contribution in [0.4, 0.5) is 5.13 Å². The molecule has 2 aromatic rings. The highest BCUT2D eigenvalue weighted by Gasteiger charge is 2.16. The van der Waals surface area contributed by atoms with Crippen LogP contribution in [0.1, 0.15) is 48.1 Å². The van der Waals surface area contributed by atoms with Crippen LogP contribution in [0.5, 0.6) is 0 Å². The van der Waals surface area contributed by atoms with Gasteiger partial charge in [-0.15, -0.1) is 22.7 Å². The summed E-state index contributed by atoms with van der Waals surface area (Å²) in [6.07, 6.45) is 2.13. The minimum atomic E-state index is -0.361. The van der Waals surface area contributed by atoms with Gasteiger partial charge in [0.1, 0.15) is 0 Å². The highest BCUT2D eigenvalue weighted by Crippen LogP contribution is 2.29. The first-order chi connectivity index (χ1) is 9.74. The quantitative estimate of drug-likeness (QED) is 0.773. The van der Waals surface area contributed by atoms with Crippen LogP contribution < -0.4 is 5.32 Å². The Morgan fingerprint density at radius 3 is 2.95 bits per heavy atom. The number of aromatic nitrogens is 1. The fourth-order valence-electron chi connectivity index (χ4n) is 1.85. The number of carbonyl (C=O) groups is 1. The van der Waals surface area contributed by atoms with Crippen molar-refractivity contribution in [3.05, 3.63) is 33.5 Å². The highest BCUT2D eigenvalue weighted by molar-refractivity contribution is 7.14. The number of ether oxygens (including phenoxy) is 1. The summed E-state index contributed by atoms with van der Waals surface area (Å²) >= 11 is 3.17. The molecular weight excluding hydrogens is 292 g/mol. The molecule has 1 atom stereocenters. The number of esters is 1. The number of hydrogen-bond acceptors (Lipinski definition) is 6. The zero-order valence-corrected chi connectivity index (χ0v) is 13.2. The number of rotatable bonds is 7. The molecule has 0 aromatic carbocycles. The van der Waals surface area contributed by atoms with Crippen molar-refractivity contribution in [1.29, 1.82) is 0 Å². The lowest BCUT2D eigenvalue weighted by Crippen LogP contribution is -2.10. The first kappa shape index (κ1) is 15.0. The van der Waals surface area contributed by atoms with Crippen LogP contribution >= 0.6 is 22.7 Å². The first-order valence-corrected chi connectivity index (χ1v) is 8.43. The lowest BCUT2D eigenvalue weighted by atomic mass is 10.1. The van der Waals surface area contributed by atoms with Crippen LogP contribution in [0.15, 0.2) is 22.9 Å². The molecule has 0 aliphatic heterocycles. The van der Waals surface area contributed by atoms with Crippen LogP contribution in [0, 0.1) is 0 Å². The topological polar surface area (TPSA) is 51.2 Å². The van der Waals surface area contributed by atoms with E-state index >= 15 is 0 Å². The van der Waals surface area contributed by atoms with E-state index < -0.39 is 0 Å². The third-order valence-electron chi connectivity index (χ3n) is 2.75. The van der Waals surface area contributed by atoms with Gasteiger partial charge in [0, 0.05) is 10.3 Å². The predicted octanol–water partition coefficient (Wildman–Crippen LogP) is 4.33. The molecule has 1 unspecified atom stereocenters. The summed E-state index contributed by atoms with van der Waals surface area (Å²) in [5, 5.41) is 7.98. The summed E-state index contributed by atoms with van der Waals surface area (Å²) in [5.41, 5.74) is 0.376. The Kier molecular flexibility index (Phi) is 5.55. The maximum atomic E-state index is 11.6. The van der Waals surface area contributed by atoms with E-state index in [0.29, 0.717) is 12.3 Å². The molecule has 2 rings (SSSR count). The van der Waals surface area contributed by atoms with Gasteiger partial charge in [-0.1, -0.05) is 19.4 Å². The number of anilines is 1. The van der Waals surface area contributed by atoms with Gasteiger partial charge in [-0.2, -0.15) is 0 Å². The van der Waals surface area contributed by atoms with Gasteiger partial charge in [0.25, 0.3) is 0 Å². The van der Waals surface area contributed by atoms with E-state index in [4.69, 9.17) is 4.74 Å². The molecule has 6 heteroatoms. The van der Waals surface area contributed by atoms with E-state index in [2.05, 4.69) is 34.7 Å². The Balaban J connectivity index is 2.06. The molecular formula is C14H18N2O2S2. The van der Waals surface area contributed by atoms with Crippen molar-refractivity contribution >= 4 is 33.8 Å². The fraction of sp³-hybridized carbons (Fsp3) is 0.429. The molecule has 0 fully saturated rings. The van der Waals surface area contributed by atoms with Gasteiger partial charge in [0.15, 0.2) is 10.8 Å². The van der Waals surface area contributed by atoms with Gasteiger partial charge in [-0.05, 0) is 24.8 Å². The number of carbonyl (C=O) groups excluding carboxylic acids is 1. The Hall–Kier alpha value is -1.40. The largest absolute Gasteiger partial charge is 0.461 e. The second-order valence-corrected chi connectivity index (χ2v) is 6.10. The third-order valence-corrected chi connectivity index (χ3v) is 4.51. The standard InChI is InChI=1S/C14H18N2O2S2/c1-3-6-10(12-7-5-8-19-12)15-14-16-11(9-20-14)13(17)18-4-2/h5,7-10H,3-4,6H2,1-2H3,(H,15,16). The van der Waals surface area contributed by atoms with Crippen molar-refractivity contribution in [2.75, 3.05) is 11.9 Å². The lowest BCUT2D eigenvalue weighted by Gasteiger charge is -2.15. The zero-order valence-electron chi connectivity index (χ0n) is 11.6. The zero-order chi connectivity index (χ0) is 14.4. The Morgan fingerprint density at radius 2 is 2.30 bits per heavy atom. The van der Waals surface area contributed by atoms with E-state index in [1.165, 1.54) is 16.2 Å². The summed E-state index contributed by atoms with van der Waals surface area (Å²) in [6.45, 7) is 4.32. The van der Waals surface area contributed by atoms with Crippen LogP contribution in [-0.4, -0.2) is 17.6 Å². The summed E-state index contributed by atoms with van der Waals surface area (Å²) in [7, 11) is 0. The van der Waals surface area contributed by atoms with E-state index in [-0.39, 0.29) is 12.0 Å². The van der Waals surface area contributed by atoms with Crippen molar-refractivity contribution in [1.82, 2.24) is 4.98 Å². The lowest BCUT2D eigenvalue weighted by molar-refractivity contribution is 0.0520. The van der Waals surface area contributed by atoms with Crippen molar-refractivity contribution < 1.29 is 9.53 Å². The highest BCUT2D eigenvalue weighted by atomic mass is 32.1. The summed E-state index contributed by atoms with van der Waals surface area (Å²) in [4.78, 5) is 17.2. The molecule has 0 spiro atoms. The van der Waals surface area contributed by atoms with Crippen molar-refractivity contribution in [3.63, 3.8) is 0 Å². The van der Waals surface area contributed by atoms with Crippen LogP contribution in [0.2, 0.25) is 0 Å². The molecule has 2 aromatic heterocycles. The molecule has 2 heterocycles. The summed E-state index contributed by atoms with van der Waals surface area (Å²) in [5.74, 6) is -0.361. The molecule has 0 saturated carbocycles. The van der Waals surface area contributed by atoms with Gasteiger partial charge in [0.05, 0.1) is 12.6 Å². The molecule has 0 aliphatic rings. The van der Waals surface area contributed by atoms with Gasteiger partial charge < -0.3 is 10.1 Å². The Bertz CT molecular complexity index is 537. The van der Waals surface area contributed by atoms with Crippen molar-refractivity contribution in [2.24, 2.45) is 0 Å². The van der Waals surface area contributed by atoms with Crippen LogP contribution in [-0.2, 0) is 4.74 Å². The molecule has 108 valence electrons. The van der Waals surface area contributed by atoms with E-state index in [0.717, 1.165) is 18.0 Å². The van der Waals surface area contributed by atoms with Gasteiger partial charge >= 0.3 is 5.97 Å². The predicted molar refractivity (Wildman–Crippen MR) is 83.7 cm³/mol. The van der Waals surface area contributed by atoms with Gasteiger partial charge in [-0.3, -0.25) is 0 Å². The van der Waals surface area contributed by atoms with Crippen molar-refractivity contribution in [3.8, 4) is 0 Å². The second kappa shape index (κ2) is 7.40. The minimum Gasteiger partial charge on any atom is -0.461 e. The third kappa shape index (κ3) is 3.80. The molecule has 4 nitrogen and oxygen atoms in total. The molecule has 1 N–H and O–H groups in total. The van der Waals surface area contributed by atoms with E-state index in [9.17, 15) is 4.79 Å². The maximum absolute atomic E-state index is 11.6. The van der Waals surface area contributed by atoms with Gasteiger partial charge in [0.2, 0.25) is 0 Å². The Labute approximate surface area is 126 Å². The van der Waals surface area contributed by atoms with E-state index in [1.807, 2.05) is 0 Å². The normalized spacial score (nSPS) is 12.1. The molecule has 0 aliphatic carbocycles. The minimum absolute atomic E-state index is 0.251. The molecule has 0 radical (unpaired) electrons. The van der Waals surface area contributed by atoms with Crippen LogP contribution in [0.3, 0.4) is 0 Å². The number of hydrogen-bond donors (Lipinski definition) is 1. The molecule has 0 saturated heterocycles. The monoisotopic (exact) mass is 310 g/mol. The number of nitrogens with one attached hydrogen (secondary N) is 1. The molecule has 0 amide bonds. The maximum Gasteiger partial charge on any atom is 0.357 e. The summed E-state index contributed by atoms with van der Waals surface area (Å²) in [6, 6.07) is 4.43. The Morgan fingerprint density at radius 1 is 1.45 bits per heavy atom. The molecule has 20 heavy (non-hydrogen) atoms. The molecule has 0 bridgehead atoms. The number of thiophene rings is 1. The first-order valence-electron chi connectivity index (χ1n) is 6.67. The summed E-state index contributed by atoms with van der Waals surface area (Å²) < 4.78 is 4.95. The number of thiazole rings is 1. The second-order valence-electron chi connectivity index (χ2n) is 4.26. The fourth-order valence-corrected chi connectivity index (χ4v) is 3.40. The van der Waals surface area contributed by atoms with E-state index in [1.54, 1.807) is 23.6 Å². The average Bonchev–Trinajstić information content (AvgIpc) is 3.10. The number of nitrogens with zero attached hydrogens (tertiary/aromatic N) is 1. The van der Waals surface area contributed by atoms with Gasteiger partial charge in [-0.25, -0.2) is 9.78 Å².